The van der Waals surface area contributed by atoms with Gasteiger partial charge in [0.25, 0.3) is 0 Å². The Kier molecular flexibility index (Phi) is 2.08. The number of benzene rings is 1. The van der Waals surface area contributed by atoms with Gasteiger partial charge in [-0.1, -0.05) is 19.1 Å². The number of rotatable bonds is 2. The molecule has 2 rings (SSSR count). The second-order valence-electron chi connectivity index (χ2n) is 3.32. The molecule has 0 aliphatic heterocycles. The third kappa shape index (κ3) is 1.21. The third-order valence-electron chi connectivity index (χ3n) is 2.45. The molecule has 14 heavy (non-hydrogen) atoms. The average molecular weight is 188 g/mol. The van der Waals surface area contributed by atoms with Crippen LogP contribution in [0.15, 0.2) is 18.2 Å². The number of hydrogen-bond donors (Lipinski definition) is 0. The molecule has 2 aromatic rings. The van der Waals surface area contributed by atoms with Gasteiger partial charge in [-0.3, -0.25) is 9.48 Å². The molecule has 0 bridgehead atoms. The van der Waals surface area contributed by atoms with Gasteiger partial charge in [0.15, 0.2) is 0 Å². The molecule has 0 amide bonds. The number of fused-ring (bicyclic) bond motifs is 1. The van der Waals surface area contributed by atoms with Gasteiger partial charge in [-0.15, -0.1) is 0 Å². The first kappa shape index (κ1) is 8.94. The lowest BCUT2D eigenvalue weighted by atomic mass is 10.1. The van der Waals surface area contributed by atoms with Crippen molar-refractivity contribution < 1.29 is 4.79 Å². The molecule has 3 heteroatoms. The van der Waals surface area contributed by atoms with Crippen molar-refractivity contribution in [2.45, 2.75) is 13.3 Å². The minimum Gasteiger partial charge on any atom is -0.298 e. The summed E-state index contributed by atoms with van der Waals surface area (Å²) in [6, 6.07) is 5.61. The van der Waals surface area contributed by atoms with Crippen LogP contribution in [-0.2, 0) is 13.5 Å². The highest BCUT2D eigenvalue weighted by Crippen LogP contribution is 2.18. The summed E-state index contributed by atoms with van der Waals surface area (Å²) in [5, 5.41) is 5.49. The van der Waals surface area contributed by atoms with Crippen molar-refractivity contribution in [3.63, 3.8) is 0 Å². The predicted octanol–water partition coefficient (Wildman–Crippen LogP) is 1.95. The molecule has 0 atom stereocenters. The Morgan fingerprint density at radius 1 is 1.50 bits per heavy atom. The quantitative estimate of drug-likeness (QED) is 0.675. The van der Waals surface area contributed by atoms with E-state index in [9.17, 15) is 4.79 Å². The van der Waals surface area contributed by atoms with Gasteiger partial charge in [0.2, 0.25) is 0 Å². The minimum absolute atomic E-state index is 0.679. The van der Waals surface area contributed by atoms with E-state index < -0.39 is 0 Å². The van der Waals surface area contributed by atoms with Crippen molar-refractivity contribution in [1.82, 2.24) is 9.78 Å². The van der Waals surface area contributed by atoms with E-state index in [2.05, 4.69) is 12.0 Å². The van der Waals surface area contributed by atoms with E-state index in [1.165, 1.54) is 5.69 Å². The molecule has 0 unspecified atom stereocenters. The Labute approximate surface area is 82.3 Å². The van der Waals surface area contributed by atoms with Gasteiger partial charge in [0.1, 0.15) is 6.29 Å². The second kappa shape index (κ2) is 3.25. The van der Waals surface area contributed by atoms with E-state index in [1.54, 1.807) is 0 Å². The number of hydrogen-bond acceptors (Lipinski definition) is 2. The molecule has 0 aliphatic rings. The van der Waals surface area contributed by atoms with Gasteiger partial charge >= 0.3 is 0 Å². The van der Waals surface area contributed by atoms with Crippen molar-refractivity contribution in [1.29, 1.82) is 0 Å². The molecule has 3 nitrogen and oxygen atoms in total. The fourth-order valence-corrected chi connectivity index (χ4v) is 1.76. The van der Waals surface area contributed by atoms with Gasteiger partial charge in [0, 0.05) is 23.7 Å². The predicted molar refractivity (Wildman–Crippen MR) is 55.5 cm³/mol. The van der Waals surface area contributed by atoms with Crippen molar-refractivity contribution in [2.75, 3.05) is 0 Å². The van der Waals surface area contributed by atoms with Crippen molar-refractivity contribution in [2.24, 2.45) is 7.05 Å². The van der Waals surface area contributed by atoms with Crippen LogP contribution in [0.25, 0.3) is 10.9 Å². The summed E-state index contributed by atoms with van der Waals surface area (Å²) in [4.78, 5) is 10.6. The maximum absolute atomic E-state index is 10.6. The molecule has 72 valence electrons. The van der Waals surface area contributed by atoms with Gasteiger partial charge in [-0.2, -0.15) is 5.10 Å². The van der Waals surface area contributed by atoms with E-state index in [1.807, 2.05) is 29.9 Å². The van der Waals surface area contributed by atoms with Crippen LogP contribution in [0.1, 0.15) is 23.0 Å². The zero-order valence-corrected chi connectivity index (χ0v) is 8.32. The largest absolute Gasteiger partial charge is 0.298 e. The van der Waals surface area contributed by atoms with Crippen LogP contribution in [0.2, 0.25) is 0 Å². The van der Waals surface area contributed by atoms with Gasteiger partial charge in [0.05, 0.1) is 5.52 Å². The van der Waals surface area contributed by atoms with Gasteiger partial charge in [-0.25, -0.2) is 0 Å². The molecular weight excluding hydrogens is 176 g/mol. The summed E-state index contributed by atoms with van der Waals surface area (Å²) >= 11 is 0. The average Bonchev–Trinajstić information content (AvgIpc) is 2.51. The first-order chi connectivity index (χ1) is 6.76. The lowest BCUT2D eigenvalue weighted by Crippen LogP contribution is -1.95. The summed E-state index contributed by atoms with van der Waals surface area (Å²) in [5.41, 5.74) is 2.78. The molecular formula is C11H12N2O. The molecule has 1 heterocycles. The molecule has 0 saturated carbocycles. The third-order valence-corrected chi connectivity index (χ3v) is 2.45. The molecule has 0 N–H and O–H groups in total. The summed E-state index contributed by atoms with van der Waals surface area (Å²) < 4.78 is 1.87. The van der Waals surface area contributed by atoms with Crippen molar-refractivity contribution >= 4 is 17.2 Å². The normalized spacial score (nSPS) is 10.7. The van der Waals surface area contributed by atoms with E-state index in [0.717, 1.165) is 23.6 Å². The maximum Gasteiger partial charge on any atom is 0.150 e. The van der Waals surface area contributed by atoms with Crippen LogP contribution in [0.5, 0.6) is 0 Å². The molecule has 0 saturated heterocycles. The number of aldehydes is 1. The number of carbonyl (C=O) groups is 1. The first-order valence-electron chi connectivity index (χ1n) is 4.67. The Balaban J connectivity index is 2.74. The zero-order valence-electron chi connectivity index (χ0n) is 8.32. The summed E-state index contributed by atoms with van der Waals surface area (Å²) in [6.45, 7) is 2.10. The second-order valence-corrected chi connectivity index (χ2v) is 3.32. The van der Waals surface area contributed by atoms with Crippen LogP contribution >= 0.6 is 0 Å². The van der Waals surface area contributed by atoms with Gasteiger partial charge < -0.3 is 0 Å². The van der Waals surface area contributed by atoms with E-state index in [4.69, 9.17) is 0 Å². The SMILES string of the molecule is CCc1c2ccc(C=O)cc2nn1C. The van der Waals surface area contributed by atoms with Crippen LogP contribution in [0, 0.1) is 0 Å². The van der Waals surface area contributed by atoms with Crippen LogP contribution in [0.4, 0.5) is 0 Å². The van der Waals surface area contributed by atoms with Crippen molar-refractivity contribution in [3.05, 3.63) is 29.5 Å². The van der Waals surface area contributed by atoms with Crippen molar-refractivity contribution in [3.8, 4) is 0 Å². The maximum atomic E-state index is 10.6. The topological polar surface area (TPSA) is 34.9 Å². The Morgan fingerprint density at radius 2 is 2.29 bits per heavy atom. The molecule has 0 spiro atoms. The van der Waals surface area contributed by atoms with E-state index in [-0.39, 0.29) is 0 Å². The summed E-state index contributed by atoms with van der Waals surface area (Å²) in [5.74, 6) is 0. The van der Waals surface area contributed by atoms with Crippen LogP contribution < -0.4 is 0 Å². The van der Waals surface area contributed by atoms with Crippen LogP contribution in [-0.4, -0.2) is 16.1 Å². The fourth-order valence-electron chi connectivity index (χ4n) is 1.76. The zero-order chi connectivity index (χ0) is 10.1. The Bertz CT molecular complexity index is 485. The highest BCUT2D eigenvalue weighted by atomic mass is 16.1. The molecule has 1 aromatic carbocycles. The number of aromatic nitrogens is 2. The monoisotopic (exact) mass is 188 g/mol. The van der Waals surface area contributed by atoms with Gasteiger partial charge in [-0.05, 0) is 12.5 Å². The number of aryl methyl sites for hydroxylation is 2. The highest BCUT2D eigenvalue weighted by Gasteiger charge is 2.06. The number of carbonyl (C=O) groups excluding carboxylic acids is 1. The number of nitrogens with zero attached hydrogens (tertiary/aromatic N) is 2. The Morgan fingerprint density at radius 3 is 2.93 bits per heavy atom. The molecule has 0 fully saturated rings. The first-order valence-corrected chi connectivity index (χ1v) is 4.67. The standard InChI is InChI=1S/C11H12N2O/c1-3-11-9-5-4-8(7-14)6-10(9)12-13(11)2/h4-7H,3H2,1-2H3. The molecule has 0 radical (unpaired) electrons. The molecule has 1 aromatic heterocycles. The smallest absolute Gasteiger partial charge is 0.150 e. The van der Waals surface area contributed by atoms with E-state index >= 15 is 0 Å². The Hall–Kier alpha value is -1.64. The van der Waals surface area contributed by atoms with Crippen LogP contribution in [0.3, 0.4) is 0 Å². The lowest BCUT2D eigenvalue weighted by Gasteiger charge is -1.96. The fraction of sp³-hybridized carbons (Fsp3) is 0.273. The van der Waals surface area contributed by atoms with E-state index in [0.29, 0.717) is 5.56 Å². The summed E-state index contributed by atoms with van der Waals surface area (Å²) in [6.07, 6.45) is 1.80. The minimum atomic E-state index is 0.679. The summed E-state index contributed by atoms with van der Waals surface area (Å²) in [7, 11) is 1.93. The molecule has 0 aliphatic carbocycles. The highest BCUT2D eigenvalue weighted by molar-refractivity contribution is 5.88. The lowest BCUT2D eigenvalue weighted by molar-refractivity contribution is 0.112.